The zero-order valence-corrected chi connectivity index (χ0v) is 12.1. The minimum atomic E-state index is -1.09. The number of carboxylic acids is 1. The van der Waals surface area contributed by atoms with Gasteiger partial charge in [-0.05, 0) is 30.2 Å². The minimum Gasteiger partial charge on any atom is -0.480 e. The summed E-state index contributed by atoms with van der Waals surface area (Å²) in [5.74, 6) is -1.33. The summed E-state index contributed by atoms with van der Waals surface area (Å²) in [5.41, 5.74) is 0.419. The number of aliphatic carboxylic acids is 1. The molecular weight excluding hydrogens is 288 g/mol. The number of nitrogens with one attached hydrogen (secondary N) is 2. The van der Waals surface area contributed by atoms with Gasteiger partial charge in [0.15, 0.2) is 0 Å². The van der Waals surface area contributed by atoms with Crippen LogP contribution >= 0.6 is 0 Å². The zero-order valence-electron chi connectivity index (χ0n) is 12.1. The van der Waals surface area contributed by atoms with Crippen molar-refractivity contribution in [3.8, 4) is 0 Å². The third-order valence-electron chi connectivity index (χ3n) is 3.10. The molecule has 2 rings (SSSR count). The van der Waals surface area contributed by atoms with E-state index >= 15 is 0 Å². The Labute approximate surface area is 125 Å². The maximum Gasteiger partial charge on any atom is 0.336 e. The number of carbonyl (C=O) groups is 2. The third kappa shape index (κ3) is 3.63. The van der Waals surface area contributed by atoms with Crippen molar-refractivity contribution >= 4 is 28.7 Å². The van der Waals surface area contributed by atoms with Crippen molar-refractivity contribution in [2.24, 2.45) is 5.92 Å². The SMILES string of the molecule is CC(C)[C@H](NC(=O)Nc1ccc2oc(=O)ccc2c1)C(=O)O. The molecule has 2 aromatic rings. The lowest BCUT2D eigenvalue weighted by molar-refractivity contribution is -0.140. The highest BCUT2D eigenvalue weighted by Crippen LogP contribution is 2.17. The second-order valence-electron chi connectivity index (χ2n) is 5.17. The van der Waals surface area contributed by atoms with E-state index in [0.29, 0.717) is 16.7 Å². The van der Waals surface area contributed by atoms with Crippen molar-refractivity contribution in [3.05, 3.63) is 40.8 Å². The van der Waals surface area contributed by atoms with Crippen molar-refractivity contribution in [2.45, 2.75) is 19.9 Å². The molecule has 0 saturated heterocycles. The van der Waals surface area contributed by atoms with E-state index in [4.69, 9.17) is 9.52 Å². The summed E-state index contributed by atoms with van der Waals surface area (Å²) < 4.78 is 4.99. The van der Waals surface area contributed by atoms with Crippen molar-refractivity contribution in [3.63, 3.8) is 0 Å². The van der Waals surface area contributed by atoms with Gasteiger partial charge in [0, 0.05) is 17.1 Å². The van der Waals surface area contributed by atoms with Gasteiger partial charge < -0.3 is 20.2 Å². The monoisotopic (exact) mass is 304 g/mol. The van der Waals surface area contributed by atoms with Crippen LogP contribution in [0.3, 0.4) is 0 Å². The van der Waals surface area contributed by atoms with E-state index in [1.54, 1.807) is 38.1 Å². The lowest BCUT2D eigenvalue weighted by atomic mass is 10.1. The zero-order chi connectivity index (χ0) is 16.3. The highest BCUT2D eigenvalue weighted by molar-refractivity contribution is 5.94. The van der Waals surface area contributed by atoms with E-state index in [1.165, 1.54) is 6.07 Å². The van der Waals surface area contributed by atoms with E-state index < -0.39 is 23.7 Å². The molecule has 0 unspecified atom stereocenters. The topological polar surface area (TPSA) is 109 Å². The molecule has 22 heavy (non-hydrogen) atoms. The van der Waals surface area contributed by atoms with Gasteiger partial charge in [-0.3, -0.25) is 0 Å². The van der Waals surface area contributed by atoms with Gasteiger partial charge in [-0.1, -0.05) is 13.8 Å². The van der Waals surface area contributed by atoms with E-state index in [0.717, 1.165) is 0 Å². The molecule has 1 atom stereocenters. The van der Waals surface area contributed by atoms with Gasteiger partial charge in [0.05, 0.1) is 0 Å². The largest absolute Gasteiger partial charge is 0.480 e. The molecule has 0 aliphatic carbocycles. The Bertz CT molecular complexity index is 766. The first-order valence-corrected chi connectivity index (χ1v) is 6.71. The Hall–Kier alpha value is -2.83. The summed E-state index contributed by atoms with van der Waals surface area (Å²) in [6.45, 7) is 3.41. The van der Waals surface area contributed by atoms with E-state index in [9.17, 15) is 14.4 Å². The molecule has 0 bridgehead atoms. The first-order valence-electron chi connectivity index (χ1n) is 6.71. The average Bonchev–Trinajstić information content (AvgIpc) is 2.44. The van der Waals surface area contributed by atoms with Crippen molar-refractivity contribution < 1.29 is 19.1 Å². The van der Waals surface area contributed by atoms with E-state index in [-0.39, 0.29) is 5.92 Å². The highest BCUT2D eigenvalue weighted by Gasteiger charge is 2.23. The van der Waals surface area contributed by atoms with E-state index in [2.05, 4.69) is 10.6 Å². The summed E-state index contributed by atoms with van der Waals surface area (Å²) in [4.78, 5) is 34.0. The fourth-order valence-corrected chi connectivity index (χ4v) is 1.97. The smallest absolute Gasteiger partial charge is 0.336 e. The Morgan fingerprint density at radius 3 is 2.55 bits per heavy atom. The molecule has 116 valence electrons. The van der Waals surface area contributed by atoms with Crippen LogP contribution in [0.5, 0.6) is 0 Å². The number of hydrogen-bond donors (Lipinski definition) is 3. The molecule has 0 fully saturated rings. The molecule has 0 aliphatic rings. The van der Waals surface area contributed by atoms with Gasteiger partial charge in [0.25, 0.3) is 0 Å². The third-order valence-corrected chi connectivity index (χ3v) is 3.10. The molecule has 1 aromatic carbocycles. The van der Waals surface area contributed by atoms with Crippen LogP contribution in [0.25, 0.3) is 11.0 Å². The molecule has 7 heteroatoms. The quantitative estimate of drug-likeness (QED) is 0.749. The summed E-state index contributed by atoms with van der Waals surface area (Å²) in [5, 5.41) is 14.6. The molecule has 3 N–H and O–H groups in total. The predicted octanol–water partition coefficient (Wildman–Crippen LogP) is 2.02. The second-order valence-corrected chi connectivity index (χ2v) is 5.17. The second kappa shape index (κ2) is 6.30. The average molecular weight is 304 g/mol. The number of amides is 2. The summed E-state index contributed by atoms with van der Waals surface area (Å²) in [7, 11) is 0. The van der Waals surface area contributed by atoms with Crippen LogP contribution in [0.4, 0.5) is 10.5 Å². The molecule has 1 heterocycles. The van der Waals surface area contributed by atoms with Gasteiger partial charge >= 0.3 is 17.6 Å². The number of benzene rings is 1. The van der Waals surface area contributed by atoms with Gasteiger partial charge in [-0.2, -0.15) is 0 Å². The Kier molecular flexibility index (Phi) is 4.45. The van der Waals surface area contributed by atoms with E-state index in [1.807, 2.05) is 0 Å². The fraction of sp³-hybridized carbons (Fsp3) is 0.267. The van der Waals surface area contributed by atoms with Gasteiger partial charge in [0.1, 0.15) is 11.6 Å². The van der Waals surface area contributed by atoms with Crippen LogP contribution in [0.15, 0.2) is 39.5 Å². The Morgan fingerprint density at radius 2 is 1.91 bits per heavy atom. The maximum absolute atomic E-state index is 11.9. The first kappa shape index (κ1) is 15.6. The minimum absolute atomic E-state index is 0.242. The van der Waals surface area contributed by atoms with Gasteiger partial charge in [-0.25, -0.2) is 14.4 Å². The van der Waals surface area contributed by atoms with Crippen LogP contribution in [-0.4, -0.2) is 23.1 Å². The molecule has 1 aromatic heterocycles. The molecule has 0 spiro atoms. The van der Waals surface area contributed by atoms with Crippen LogP contribution in [0.2, 0.25) is 0 Å². The fourth-order valence-electron chi connectivity index (χ4n) is 1.97. The Morgan fingerprint density at radius 1 is 1.18 bits per heavy atom. The molecule has 0 saturated carbocycles. The van der Waals surface area contributed by atoms with Crippen LogP contribution < -0.4 is 16.3 Å². The molecular formula is C15H16N2O5. The van der Waals surface area contributed by atoms with Crippen LogP contribution in [-0.2, 0) is 4.79 Å². The number of urea groups is 1. The molecule has 0 aliphatic heterocycles. The molecule has 2 amide bonds. The standard InChI is InChI=1S/C15H16N2O5/c1-8(2)13(14(19)20)17-15(21)16-10-4-5-11-9(7-10)3-6-12(18)22-11/h3-8,13H,1-2H3,(H,19,20)(H2,16,17,21)/t13-/m0/s1. The Balaban J connectivity index is 2.13. The molecule has 0 radical (unpaired) electrons. The summed E-state index contributed by atoms with van der Waals surface area (Å²) in [6, 6.07) is 6.03. The predicted molar refractivity (Wildman–Crippen MR) is 80.9 cm³/mol. The molecule has 7 nitrogen and oxygen atoms in total. The number of carboxylic acid groups (broad SMARTS) is 1. The van der Waals surface area contributed by atoms with Crippen molar-refractivity contribution in [2.75, 3.05) is 5.32 Å². The number of carbonyl (C=O) groups excluding carboxylic acids is 1. The normalized spacial score (nSPS) is 12.1. The van der Waals surface area contributed by atoms with Gasteiger partial charge in [-0.15, -0.1) is 0 Å². The summed E-state index contributed by atoms with van der Waals surface area (Å²) >= 11 is 0. The number of hydrogen-bond acceptors (Lipinski definition) is 4. The lowest BCUT2D eigenvalue weighted by Gasteiger charge is -2.18. The van der Waals surface area contributed by atoms with Crippen LogP contribution in [0, 0.1) is 5.92 Å². The number of rotatable bonds is 4. The van der Waals surface area contributed by atoms with Crippen LogP contribution in [0.1, 0.15) is 13.8 Å². The lowest BCUT2D eigenvalue weighted by Crippen LogP contribution is -2.46. The highest BCUT2D eigenvalue weighted by atomic mass is 16.4. The first-order chi connectivity index (χ1) is 10.4. The maximum atomic E-state index is 11.9. The van der Waals surface area contributed by atoms with Gasteiger partial charge in [0.2, 0.25) is 0 Å². The number of fused-ring (bicyclic) bond motifs is 1. The summed E-state index contributed by atoms with van der Waals surface area (Å²) in [6.07, 6.45) is 0. The number of anilines is 1. The van der Waals surface area contributed by atoms with Crippen molar-refractivity contribution in [1.82, 2.24) is 5.32 Å². The van der Waals surface area contributed by atoms with Crippen molar-refractivity contribution in [1.29, 1.82) is 0 Å².